The standard InChI is InChI=1S/C7H6O2.C7H12/c8-7(9)6-4-2-1-3-5-6;1-7-5-3-2-4-6-7/h1-5H,(H,8,9);2-3,7H,4-6H2,1H3. The van der Waals surface area contributed by atoms with Crippen molar-refractivity contribution in [3.63, 3.8) is 0 Å². The predicted octanol–water partition coefficient (Wildman–Crippen LogP) is 3.75. The maximum Gasteiger partial charge on any atom is 0.335 e. The summed E-state index contributed by atoms with van der Waals surface area (Å²) in [7, 11) is 0. The van der Waals surface area contributed by atoms with Gasteiger partial charge in [-0.1, -0.05) is 37.3 Å². The molecule has 2 rings (SSSR count). The van der Waals surface area contributed by atoms with Crippen LogP contribution in [0.25, 0.3) is 0 Å². The van der Waals surface area contributed by atoms with Gasteiger partial charge in [0.15, 0.2) is 0 Å². The fourth-order valence-corrected chi connectivity index (χ4v) is 1.53. The molecule has 0 bridgehead atoms. The molecular formula is C14H18O2. The number of rotatable bonds is 1. The number of carboxylic acids is 1. The van der Waals surface area contributed by atoms with Crippen LogP contribution in [0.2, 0.25) is 0 Å². The number of aromatic carboxylic acids is 1. The second-order valence-electron chi connectivity index (χ2n) is 4.06. The minimum Gasteiger partial charge on any atom is -0.478 e. The molecular weight excluding hydrogens is 200 g/mol. The molecule has 16 heavy (non-hydrogen) atoms. The summed E-state index contributed by atoms with van der Waals surface area (Å²) in [6.07, 6.45) is 8.58. The Labute approximate surface area is 96.6 Å². The number of hydrogen-bond donors (Lipinski definition) is 1. The van der Waals surface area contributed by atoms with Crippen LogP contribution in [0.3, 0.4) is 0 Å². The van der Waals surface area contributed by atoms with E-state index in [2.05, 4.69) is 19.1 Å². The lowest BCUT2D eigenvalue weighted by Gasteiger charge is -2.09. The molecule has 0 saturated heterocycles. The van der Waals surface area contributed by atoms with Crippen molar-refractivity contribution < 1.29 is 9.90 Å². The molecule has 0 radical (unpaired) electrons. The van der Waals surface area contributed by atoms with E-state index in [1.165, 1.54) is 19.3 Å². The van der Waals surface area contributed by atoms with E-state index in [-0.39, 0.29) is 0 Å². The van der Waals surface area contributed by atoms with Gasteiger partial charge in [-0.05, 0) is 37.3 Å². The van der Waals surface area contributed by atoms with Crippen molar-refractivity contribution in [3.8, 4) is 0 Å². The largest absolute Gasteiger partial charge is 0.478 e. The first-order chi connectivity index (χ1) is 7.70. The zero-order valence-corrected chi connectivity index (χ0v) is 9.60. The van der Waals surface area contributed by atoms with Crippen LogP contribution in [0, 0.1) is 5.92 Å². The van der Waals surface area contributed by atoms with Gasteiger partial charge in [-0.3, -0.25) is 0 Å². The molecule has 2 nitrogen and oxygen atoms in total. The Bertz CT molecular complexity index is 341. The molecule has 86 valence electrons. The summed E-state index contributed by atoms with van der Waals surface area (Å²) in [5, 5.41) is 8.38. The first kappa shape index (κ1) is 12.5. The monoisotopic (exact) mass is 218 g/mol. The van der Waals surface area contributed by atoms with E-state index in [1.54, 1.807) is 30.3 Å². The molecule has 0 saturated carbocycles. The summed E-state index contributed by atoms with van der Waals surface area (Å²) in [6.45, 7) is 2.31. The highest BCUT2D eigenvalue weighted by Crippen LogP contribution is 2.15. The van der Waals surface area contributed by atoms with Crippen LogP contribution in [-0.2, 0) is 0 Å². The van der Waals surface area contributed by atoms with Crippen LogP contribution in [0.4, 0.5) is 0 Å². The second kappa shape index (κ2) is 6.83. The average Bonchev–Trinajstić information content (AvgIpc) is 2.32. The van der Waals surface area contributed by atoms with Crippen molar-refractivity contribution in [2.75, 3.05) is 0 Å². The van der Waals surface area contributed by atoms with Crippen LogP contribution in [0.15, 0.2) is 42.5 Å². The SMILES string of the molecule is CC1CC=CCC1.O=C(O)c1ccccc1. The van der Waals surface area contributed by atoms with Crippen molar-refractivity contribution in [2.45, 2.75) is 26.2 Å². The molecule has 1 unspecified atom stereocenters. The van der Waals surface area contributed by atoms with Crippen LogP contribution in [0.1, 0.15) is 36.5 Å². The van der Waals surface area contributed by atoms with E-state index in [1.807, 2.05) is 0 Å². The molecule has 0 amide bonds. The Morgan fingerprint density at radius 1 is 1.25 bits per heavy atom. The molecule has 1 aromatic carbocycles. The fraction of sp³-hybridized carbons (Fsp3) is 0.357. The quantitative estimate of drug-likeness (QED) is 0.729. The van der Waals surface area contributed by atoms with Gasteiger partial charge in [0.05, 0.1) is 5.56 Å². The van der Waals surface area contributed by atoms with Crippen molar-refractivity contribution in [2.24, 2.45) is 5.92 Å². The van der Waals surface area contributed by atoms with Gasteiger partial charge in [-0.25, -0.2) is 4.79 Å². The van der Waals surface area contributed by atoms with E-state index in [9.17, 15) is 4.79 Å². The molecule has 0 spiro atoms. The molecule has 0 aliphatic heterocycles. The highest BCUT2D eigenvalue weighted by molar-refractivity contribution is 5.87. The lowest BCUT2D eigenvalue weighted by Crippen LogP contribution is -1.94. The van der Waals surface area contributed by atoms with Crippen molar-refractivity contribution in [3.05, 3.63) is 48.0 Å². The first-order valence-corrected chi connectivity index (χ1v) is 5.63. The number of allylic oxidation sites excluding steroid dienone is 2. The van der Waals surface area contributed by atoms with Crippen LogP contribution in [0.5, 0.6) is 0 Å². The summed E-state index contributed by atoms with van der Waals surface area (Å²) in [5.41, 5.74) is 0.331. The van der Waals surface area contributed by atoms with Gasteiger partial charge >= 0.3 is 5.97 Å². The lowest BCUT2D eigenvalue weighted by molar-refractivity contribution is 0.0697. The first-order valence-electron chi connectivity index (χ1n) is 5.63. The molecule has 1 aliphatic rings. The summed E-state index contributed by atoms with van der Waals surface area (Å²) >= 11 is 0. The highest BCUT2D eigenvalue weighted by atomic mass is 16.4. The zero-order chi connectivity index (χ0) is 11.8. The van der Waals surface area contributed by atoms with E-state index in [0.29, 0.717) is 5.56 Å². The lowest BCUT2D eigenvalue weighted by atomic mass is 9.97. The molecule has 2 heteroatoms. The van der Waals surface area contributed by atoms with E-state index < -0.39 is 5.97 Å². The maximum absolute atomic E-state index is 10.2. The molecule has 1 atom stereocenters. The molecule has 1 aliphatic carbocycles. The smallest absolute Gasteiger partial charge is 0.335 e. The van der Waals surface area contributed by atoms with E-state index in [0.717, 1.165) is 5.92 Å². The minimum atomic E-state index is -0.879. The summed E-state index contributed by atoms with van der Waals surface area (Å²) < 4.78 is 0. The molecule has 0 fully saturated rings. The van der Waals surface area contributed by atoms with Gasteiger partial charge in [-0.15, -0.1) is 0 Å². The summed E-state index contributed by atoms with van der Waals surface area (Å²) in [4.78, 5) is 10.2. The molecule has 0 aromatic heterocycles. The number of hydrogen-bond acceptors (Lipinski definition) is 1. The Kier molecular flexibility index (Phi) is 5.34. The Morgan fingerprint density at radius 2 is 1.94 bits per heavy atom. The van der Waals surface area contributed by atoms with E-state index >= 15 is 0 Å². The second-order valence-corrected chi connectivity index (χ2v) is 4.06. The number of benzene rings is 1. The van der Waals surface area contributed by atoms with Gasteiger partial charge in [0.2, 0.25) is 0 Å². The molecule has 1 N–H and O–H groups in total. The van der Waals surface area contributed by atoms with Crippen LogP contribution >= 0.6 is 0 Å². The Balaban J connectivity index is 0.000000165. The highest BCUT2D eigenvalue weighted by Gasteiger charge is 2.00. The minimum absolute atomic E-state index is 0.331. The topological polar surface area (TPSA) is 37.3 Å². The normalized spacial score (nSPS) is 18.4. The van der Waals surface area contributed by atoms with Crippen molar-refractivity contribution >= 4 is 5.97 Å². The Morgan fingerprint density at radius 3 is 2.25 bits per heavy atom. The number of carboxylic acid groups (broad SMARTS) is 1. The summed E-state index contributed by atoms with van der Waals surface area (Å²) in [6, 6.07) is 8.30. The molecule has 1 aromatic rings. The zero-order valence-electron chi connectivity index (χ0n) is 9.60. The maximum atomic E-state index is 10.2. The summed E-state index contributed by atoms with van der Waals surface area (Å²) in [5.74, 6) is 0.0700. The third kappa shape index (κ3) is 4.78. The van der Waals surface area contributed by atoms with Gasteiger partial charge in [0, 0.05) is 0 Å². The average molecular weight is 218 g/mol. The van der Waals surface area contributed by atoms with Crippen molar-refractivity contribution in [1.29, 1.82) is 0 Å². The third-order valence-electron chi connectivity index (χ3n) is 2.55. The van der Waals surface area contributed by atoms with Gasteiger partial charge in [0.25, 0.3) is 0 Å². The fourth-order valence-electron chi connectivity index (χ4n) is 1.53. The van der Waals surface area contributed by atoms with E-state index in [4.69, 9.17) is 5.11 Å². The molecule has 0 heterocycles. The van der Waals surface area contributed by atoms with Gasteiger partial charge in [0.1, 0.15) is 0 Å². The van der Waals surface area contributed by atoms with Gasteiger partial charge < -0.3 is 5.11 Å². The van der Waals surface area contributed by atoms with Crippen molar-refractivity contribution in [1.82, 2.24) is 0 Å². The van der Waals surface area contributed by atoms with Gasteiger partial charge in [-0.2, -0.15) is 0 Å². The number of carbonyl (C=O) groups is 1. The van der Waals surface area contributed by atoms with Crippen LogP contribution < -0.4 is 0 Å². The third-order valence-corrected chi connectivity index (χ3v) is 2.55. The Hall–Kier alpha value is -1.57. The van der Waals surface area contributed by atoms with Crippen LogP contribution in [-0.4, -0.2) is 11.1 Å². The predicted molar refractivity (Wildman–Crippen MR) is 65.6 cm³/mol.